The number of hydrogen-bond donors (Lipinski definition) is 1. The fourth-order valence-corrected chi connectivity index (χ4v) is 5.20. The molecule has 6 heteroatoms. The van der Waals surface area contributed by atoms with E-state index in [9.17, 15) is 13.2 Å². The zero-order chi connectivity index (χ0) is 17.3. The van der Waals surface area contributed by atoms with Gasteiger partial charge in [0.15, 0.2) is 0 Å². The second-order valence-electron chi connectivity index (χ2n) is 6.49. The molecule has 3 rings (SSSR count). The summed E-state index contributed by atoms with van der Waals surface area (Å²) >= 11 is 0. The number of carbonyl (C=O) groups is 1. The van der Waals surface area contributed by atoms with E-state index in [2.05, 4.69) is 17.5 Å². The van der Waals surface area contributed by atoms with Gasteiger partial charge >= 0.3 is 0 Å². The number of rotatable bonds is 6. The average Bonchev–Trinajstić information content (AvgIpc) is 3.19. The molecule has 0 spiro atoms. The van der Waals surface area contributed by atoms with Crippen molar-refractivity contribution < 1.29 is 13.2 Å². The molecule has 2 bridgehead atoms. The van der Waals surface area contributed by atoms with Gasteiger partial charge in [0.05, 0.1) is 4.90 Å². The molecule has 0 aliphatic heterocycles. The second kappa shape index (κ2) is 6.69. The highest BCUT2D eigenvalue weighted by Gasteiger charge is 2.39. The number of benzene rings is 1. The molecule has 1 N–H and O–H groups in total. The van der Waals surface area contributed by atoms with Crippen LogP contribution < -0.4 is 5.32 Å². The van der Waals surface area contributed by atoms with Crippen LogP contribution in [0.15, 0.2) is 41.3 Å². The Hall–Kier alpha value is -1.66. The van der Waals surface area contributed by atoms with Crippen LogP contribution in [0.5, 0.6) is 0 Å². The number of anilines is 1. The van der Waals surface area contributed by atoms with Gasteiger partial charge in [-0.1, -0.05) is 26.0 Å². The van der Waals surface area contributed by atoms with E-state index in [1.54, 1.807) is 24.3 Å². The molecule has 2 aliphatic carbocycles. The summed E-state index contributed by atoms with van der Waals surface area (Å²) in [6, 6.07) is 6.45. The number of sulfonamides is 1. The van der Waals surface area contributed by atoms with Crippen molar-refractivity contribution in [3.63, 3.8) is 0 Å². The van der Waals surface area contributed by atoms with Crippen molar-refractivity contribution in [1.29, 1.82) is 0 Å². The van der Waals surface area contributed by atoms with E-state index in [4.69, 9.17) is 0 Å². The number of nitrogens with one attached hydrogen (secondary N) is 1. The van der Waals surface area contributed by atoms with Crippen LogP contribution in [0.2, 0.25) is 0 Å². The smallest absolute Gasteiger partial charge is 0.243 e. The Balaban J connectivity index is 1.69. The molecule has 0 unspecified atom stereocenters. The number of nitrogens with zero attached hydrogens (tertiary/aromatic N) is 1. The maximum Gasteiger partial charge on any atom is 0.243 e. The summed E-state index contributed by atoms with van der Waals surface area (Å²) in [5.41, 5.74) is 0.644. The molecule has 5 nitrogen and oxygen atoms in total. The van der Waals surface area contributed by atoms with E-state index in [-0.39, 0.29) is 16.7 Å². The Morgan fingerprint density at radius 1 is 1.12 bits per heavy atom. The Morgan fingerprint density at radius 2 is 1.79 bits per heavy atom. The maximum absolute atomic E-state index is 12.5. The summed E-state index contributed by atoms with van der Waals surface area (Å²) in [4.78, 5) is 12.7. The van der Waals surface area contributed by atoms with Crippen LogP contribution in [-0.2, 0) is 14.8 Å². The van der Waals surface area contributed by atoms with Gasteiger partial charge in [-0.25, -0.2) is 8.42 Å². The third-order valence-corrected chi connectivity index (χ3v) is 7.14. The van der Waals surface area contributed by atoms with Crippen molar-refractivity contribution in [2.45, 2.75) is 31.6 Å². The Labute approximate surface area is 143 Å². The summed E-state index contributed by atoms with van der Waals surface area (Å²) in [5.74, 6) is 0.981. The number of carbonyl (C=O) groups excluding carboxylic acids is 1. The Morgan fingerprint density at radius 3 is 2.29 bits per heavy atom. The highest BCUT2D eigenvalue weighted by Crippen LogP contribution is 2.43. The van der Waals surface area contributed by atoms with Gasteiger partial charge in [-0.15, -0.1) is 0 Å². The molecule has 2 aliphatic rings. The van der Waals surface area contributed by atoms with Crippen LogP contribution in [-0.4, -0.2) is 31.7 Å². The first kappa shape index (κ1) is 17.2. The first-order valence-electron chi connectivity index (χ1n) is 8.55. The van der Waals surface area contributed by atoms with Crippen LogP contribution in [0.4, 0.5) is 5.69 Å². The van der Waals surface area contributed by atoms with Gasteiger partial charge in [-0.3, -0.25) is 4.79 Å². The number of allylic oxidation sites excluding steroid dienone is 2. The van der Waals surface area contributed by atoms with E-state index in [0.717, 1.165) is 12.8 Å². The third kappa shape index (κ3) is 3.13. The zero-order valence-corrected chi connectivity index (χ0v) is 14.9. The second-order valence-corrected chi connectivity index (χ2v) is 8.43. The fourth-order valence-electron chi connectivity index (χ4n) is 3.74. The molecular weight excluding hydrogens is 324 g/mol. The number of fused-ring (bicyclic) bond motifs is 2. The van der Waals surface area contributed by atoms with Crippen LogP contribution in [0, 0.1) is 17.8 Å². The lowest BCUT2D eigenvalue weighted by molar-refractivity contribution is -0.120. The predicted octanol–water partition coefficient (Wildman–Crippen LogP) is 2.87. The molecule has 1 saturated carbocycles. The summed E-state index contributed by atoms with van der Waals surface area (Å²) in [6.07, 6.45) is 6.36. The topological polar surface area (TPSA) is 66.5 Å². The first-order chi connectivity index (χ1) is 11.5. The lowest BCUT2D eigenvalue weighted by atomic mass is 9.93. The van der Waals surface area contributed by atoms with Crippen molar-refractivity contribution in [2.75, 3.05) is 18.4 Å². The highest BCUT2D eigenvalue weighted by molar-refractivity contribution is 7.89. The molecule has 130 valence electrons. The summed E-state index contributed by atoms with van der Waals surface area (Å²) in [7, 11) is -3.46. The molecule has 0 saturated heterocycles. The summed E-state index contributed by atoms with van der Waals surface area (Å²) in [6.45, 7) is 4.52. The zero-order valence-electron chi connectivity index (χ0n) is 14.1. The minimum atomic E-state index is -3.46. The predicted molar refractivity (Wildman–Crippen MR) is 94.0 cm³/mol. The van der Waals surface area contributed by atoms with Gasteiger partial charge in [0.1, 0.15) is 0 Å². The maximum atomic E-state index is 12.5. The van der Waals surface area contributed by atoms with Crippen molar-refractivity contribution in [2.24, 2.45) is 17.8 Å². The minimum absolute atomic E-state index is 0.0335. The molecule has 3 atom stereocenters. The van der Waals surface area contributed by atoms with Gasteiger partial charge in [0.25, 0.3) is 0 Å². The largest absolute Gasteiger partial charge is 0.326 e. The molecule has 0 radical (unpaired) electrons. The molecule has 0 aromatic heterocycles. The van der Waals surface area contributed by atoms with Crippen molar-refractivity contribution in [3.8, 4) is 0 Å². The summed E-state index contributed by atoms with van der Waals surface area (Å²) in [5, 5.41) is 2.92. The highest BCUT2D eigenvalue weighted by atomic mass is 32.2. The van der Waals surface area contributed by atoms with E-state index < -0.39 is 10.0 Å². The van der Waals surface area contributed by atoms with Gasteiger partial charge in [-0.2, -0.15) is 4.31 Å². The van der Waals surface area contributed by atoms with Crippen molar-refractivity contribution >= 4 is 21.6 Å². The molecule has 1 aromatic rings. The van der Waals surface area contributed by atoms with Crippen molar-refractivity contribution in [3.05, 3.63) is 36.4 Å². The third-order valence-electron chi connectivity index (χ3n) is 5.08. The van der Waals surface area contributed by atoms with Gasteiger partial charge in [-0.05, 0) is 48.9 Å². The van der Waals surface area contributed by atoms with E-state index in [1.807, 2.05) is 13.8 Å². The monoisotopic (exact) mass is 348 g/mol. The number of hydrogen-bond acceptors (Lipinski definition) is 3. The van der Waals surface area contributed by atoms with E-state index >= 15 is 0 Å². The lowest BCUT2D eigenvalue weighted by Crippen LogP contribution is -2.30. The average molecular weight is 348 g/mol. The minimum Gasteiger partial charge on any atom is -0.326 e. The summed E-state index contributed by atoms with van der Waals surface area (Å²) < 4.78 is 26.3. The Bertz CT molecular complexity index is 736. The molecule has 1 amide bonds. The van der Waals surface area contributed by atoms with E-state index in [1.165, 1.54) is 4.31 Å². The van der Waals surface area contributed by atoms with Crippen LogP contribution >= 0.6 is 0 Å². The lowest BCUT2D eigenvalue weighted by Gasteiger charge is -2.19. The molecule has 0 heterocycles. The SMILES string of the molecule is CCN(CC)S(=O)(=O)c1ccc(NC(=O)[C@@H]2C[C@H]3C=C[C@@H]2C3)cc1. The van der Waals surface area contributed by atoms with E-state index in [0.29, 0.717) is 30.6 Å². The number of amides is 1. The van der Waals surface area contributed by atoms with Crippen LogP contribution in [0.1, 0.15) is 26.7 Å². The molecule has 24 heavy (non-hydrogen) atoms. The van der Waals surface area contributed by atoms with Gasteiger partial charge in [0.2, 0.25) is 15.9 Å². The quantitative estimate of drug-likeness (QED) is 0.804. The van der Waals surface area contributed by atoms with Crippen LogP contribution in [0.3, 0.4) is 0 Å². The normalized spacial score (nSPS) is 25.4. The van der Waals surface area contributed by atoms with Crippen molar-refractivity contribution in [1.82, 2.24) is 4.31 Å². The molecule has 1 fully saturated rings. The Kier molecular flexibility index (Phi) is 4.78. The fraction of sp³-hybridized carbons (Fsp3) is 0.500. The first-order valence-corrected chi connectivity index (χ1v) is 9.99. The van der Waals surface area contributed by atoms with Crippen LogP contribution in [0.25, 0.3) is 0 Å². The standard InChI is InChI=1S/C18H24N2O3S/c1-3-20(4-2)24(22,23)16-9-7-15(8-10-16)19-18(21)17-12-13-5-6-14(17)11-13/h5-10,13-14,17H,3-4,11-12H2,1-2H3,(H,19,21)/t13-,14+,17+/m0/s1. The molecule has 1 aromatic carbocycles. The van der Waals surface area contributed by atoms with Gasteiger partial charge in [0, 0.05) is 24.7 Å². The van der Waals surface area contributed by atoms with Gasteiger partial charge < -0.3 is 5.32 Å². The molecular formula is C18H24N2O3S.